The summed E-state index contributed by atoms with van der Waals surface area (Å²) in [6.07, 6.45) is 4.14. The Morgan fingerprint density at radius 3 is 3.04 bits per heavy atom. The first-order valence-electron chi connectivity index (χ1n) is 7.11. The lowest BCUT2D eigenvalue weighted by Crippen LogP contribution is -2.27. The van der Waals surface area contributed by atoms with E-state index in [1.165, 1.54) is 11.3 Å². The van der Waals surface area contributed by atoms with Crippen molar-refractivity contribution in [3.8, 4) is 17.3 Å². The fourth-order valence-corrected chi connectivity index (χ4v) is 3.51. The van der Waals surface area contributed by atoms with Gasteiger partial charge in [-0.2, -0.15) is 10.4 Å². The normalized spacial score (nSPS) is 17.8. The number of aromatic nitrogens is 4. The Morgan fingerprint density at radius 1 is 1.48 bits per heavy atom. The van der Waals surface area contributed by atoms with Gasteiger partial charge in [0.15, 0.2) is 5.82 Å². The van der Waals surface area contributed by atoms with Crippen molar-refractivity contribution in [3.05, 3.63) is 24.0 Å². The van der Waals surface area contributed by atoms with E-state index in [-0.39, 0.29) is 5.91 Å². The number of pyridine rings is 1. The summed E-state index contributed by atoms with van der Waals surface area (Å²) in [5, 5.41) is 13.2. The third kappa shape index (κ3) is 2.17. The third-order valence-corrected chi connectivity index (χ3v) is 4.75. The van der Waals surface area contributed by atoms with Gasteiger partial charge in [-0.25, -0.2) is 9.97 Å². The van der Waals surface area contributed by atoms with Crippen molar-refractivity contribution in [1.82, 2.24) is 19.7 Å². The Balaban J connectivity index is 1.87. The molecule has 1 aliphatic heterocycles. The van der Waals surface area contributed by atoms with Gasteiger partial charge < -0.3 is 0 Å². The number of aryl methyl sites for hydroxylation is 1. The van der Waals surface area contributed by atoms with Crippen LogP contribution in [0.2, 0.25) is 0 Å². The first-order valence-corrected chi connectivity index (χ1v) is 7.99. The summed E-state index contributed by atoms with van der Waals surface area (Å²) in [4.78, 5) is 23.0. The van der Waals surface area contributed by atoms with E-state index in [1.54, 1.807) is 21.3 Å². The van der Waals surface area contributed by atoms with Crippen LogP contribution in [0.25, 0.3) is 21.5 Å². The minimum absolute atomic E-state index is 0.182. The van der Waals surface area contributed by atoms with Crippen molar-refractivity contribution in [2.24, 2.45) is 13.0 Å². The zero-order valence-electron chi connectivity index (χ0n) is 12.3. The quantitative estimate of drug-likeness (QED) is 0.719. The number of anilines is 1. The molecule has 4 rings (SSSR count). The standard InChI is InChI=1S/C15H12N6OS/c1-20-7-10(6-18-20)11-4-12-13(23-8-17-12)14(19-11)21-3-2-9(5-16)15(21)22/h4,6-9H,2-3H2,1H3. The molecule has 23 heavy (non-hydrogen) atoms. The van der Waals surface area contributed by atoms with Gasteiger partial charge in [0.2, 0.25) is 5.91 Å². The molecule has 1 saturated heterocycles. The van der Waals surface area contributed by atoms with Crippen LogP contribution in [-0.4, -0.2) is 32.2 Å². The van der Waals surface area contributed by atoms with Gasteiger partial charge in [-0.05, 0) is 12.5 Å². The predicted octanol–water partition coefficient (Wildman–Crippen LogP) is 1.97. The number of carbonyl (C=O) groups excluding carboxylic acids is 1. The largest absolute Gasteiger partial charge is 0.294 e. The molecule has 0 aliphatic carbocycles. The average Bonchev–Trinajstić information content (AvgIpc) is 3.25. The van der Waals surface area contributed by atoms with Crippen LogP contribution in [0.5, 0.6) is 0 Å². The monoisotopic (exact) mass is 324 g/mol. The maximum atomic E-state index is 12.4. The molecule has 1 amide bonds. The van der Waals surface area contributed by atoms with E-state index in [0.29, 0.717) is 18.8 Å². The summed E-state index contributed by atoms with van der Waals surface area (Å²) < 4.78 is 2.57. The molecular weight excluding hydrogens is 312 g/mol. The zero-order chi connectivity index (χ0) is 16.0. The molecule has 3 aromatic heterocycles. The van der Waals surface area contributed by atoms with Crippen molar-refractivity contribution in [3.63, 3.8) is 0 Å². The van der Waals surface area contributed by atoms with Crippen molar-refractivity contribution >= 4 is 33.3 Å². The van der Waals surface area contributed by atoms with E-state index in [4.69, 9.17) is 5.26 Å². The third-order valence-electron chi connectivity index (χ3n) is 3.92. The first kappa shape index (κ1) is 13.8. The number of nitrogens with zero attached hydrogens (tertiary/aromatic N) is 6. The van der Waals surface area contributed by atoms with Crippen LogP contribution in [0.15, 0.2) is 24.0 Å². The summed E-state index contributed by atoms with van der Waals surface area (Å²) in [7, 11) is 1.84. The minimum atomic E-state index is -0.582. The summed E-state index contributed by atoms with van der Waals surface area (Å²) in [5.41, 5.74) is 4.13. The van der Waals surface area contributed by atoms with Gasteiger partial charge in [-0.15, -0.1) is 11.3 Å². The van der Waals surface area contributed by atoms with Crippen LogP contribution in [0, 0.1) is 17.2 Å². The number of nitriles is 1. The molecule has 8 heteroatoms. The number of amides is 1. The van der Waals surface area contributed by atoms with Gasteiger partial charge in [-0.1, -0.05) is 0 Å². The van der Waals surface area contributed by atoms with Gasteiger partial charge >= 0.3 is 0 Å². The summed E-state index contributed by atoms with van der Waals surface area (Å²) >= 11 is 1.45. The number of hydrogen-bond donors (Lipinski definition) is 0. The van der Waals surface area contributed by atoms with Crippen LogP contribution >= 0.6 is 11.3 Å². The van der Waals surface area contributed by atoms with E-state index in [1.807, 2.05) is 19.3 Å². The molecular formula is C15H12N6OS. The molecule has 7 nitrogen and oxygen atoms in total. The predicted molar refractivity (Wildman–Crippen MR) is 85.7 cm³/mol. The molecule has 0 spiro atoms. The van der Waals surface area contributed by atoms with Crippen molar-refractivity contribution in [1.29, 1.82) is 5.26 Å². The van der Waals surface area contributed by atoms with Gasteiger partial charge in [-0.3, -0.25) is 14.4 Å². The molecule has 114 valence electrons. The molecule has 0 aromatic carbocycles. The fourth-order valence-electron chi connectivity index (χ4n) is 2.75. The average molecular weight is 324 g/mol. The number of thiazole rings is 1. The highest BCUT2D eigenvalue weighted by Gasteiger charge is 2.34. The highest BCUT2D eigenvalue weighted by Crippen LogP contribution is 2.34. The Morgan fingerprint density at radius 2 is 2.35 bits per heavy atom. The molecule has 1 aliphatic rings. The second kappa shape index (κ2) is 5.14. The molecule has 1 atom stereocenters. The highest BCUT2D eigenvalue weighted by atomic mass is 32.1. The van der Waals surface area contributed by atoms with Crippen LogP contribution in [-0.2, 0) is 11.8 Å². The van der Waals surface area contributed by atoms with Crippen molar-refractivity contribution in [2.75, 3.05) is 11.4 Å². The van der Waals surface area contributed by atoms with Gasteiger partial charge in [0.05, 0.1) is 33.7 Å². The Labute approximate surface area is 135 Å². The van der Waals surface area contributed by atoms with Crippen LogP contribution < -0.4 is 4.90 Å². The van der Waals surface area contributed by atoms with Gasteiger partial charge in [0.1, 0.15) is 5.92 Å². The second-order valence-corrected chi connectivity index (χ2v) is 6.25. The van der Waals surface area contributed by atoms with E-state index < -0.39 is 5.92 Å². The first-order chi connectivity index (χ1) is 11.2. The molecule has 0 saturated carbocycles. The Kier molecular flexibility index (Phi) is 3.09. The van der Waals surface area contributed by atoms with Crippen molar-refractivity contribution < 1.29 is 4.79 Å². The fraction of sp³-hybridized carbons (Fsp3) is 0.267. The van der Waals surface area contributed by atoms with Gasteiger partial charge in [0.25, 0.3) is 0 Å². The maximum Gasteiger partial charge on any atom is 0.245 e. The van der Waals surface area contributed by atoms with E-state index >= 15 is 0 Å². The topological polar surface area (TPSA) is 87.7 Å². The number of hydrogen-bond acceptors (Lipinski definition) is 6. The van der Waals surface area contributed by atoms with E-state index in [0.717, 1.165) is 21.5 Å². The lowest BCUT2D eigenvalue weighted by molar-refractivity contribution is -0.119. The maximum absolute atomic E-state index is 12.4. The molecule has 0 radical (unpaired) electrons. The highest BCUT2D eigenvalue weighted by molar-refractivity contribution is 7.17. The molecule has 0 bridgehead atoms. The number of carbonyl (C=O) groups is 1. The lowest BCUT2D eigenvalue weighted by Gasteiger charge is -2.16. The van der Waals surface area contributed by atoms with Gasteiger partial charge in [0, 0.05) is 25.4 Å². The Hall–Kier alpha value is -2.79. The molecule has 1 fully saturated rings. The van der Waals surface area contributed by atoms with Crippen LogP contribution in [0.4, 0.5) is 5.82 Å². The SMILES string of the molecule is Cn1cc(-c2cc3ncsc3c(N3CCC(C#N)C3=O)n2)cn1. The lowest BCUT2D eigenvalue weighted by atomic mass is 10.1. The molecule has 4 heterocycles. The summed E-state index contributed by atoms with van der Waals surface area (Å²) in [5.74, 6) is -0.175. The Bertz CT molecular complexity index is 952. The smallest absolute Gasteiger partial charge is 0.245 e. The number of fused-ring (bicyclic) bond motifs is 1. The minimum Gasteiger partial charge on any atom is -0.294 e. The molecule has 3 aromatic rings. The van der Waals surface area contributed by atoms with Crippen molar-refractivity contribution in [2.45, 2.75) is 6.42 Å². The molecule has 0 N–H and O–H groups in total. The second-order valence-electron chi connectivity index (χ2n) is 5.39. The number of rotatable bonds is 2. The molecule has 1 unspecified atom stereocenters. The van der Waals surface area contributed by atoms with E-state index in [9.17, 15) is 4.79 Å². The zero-order valence-corrected chi connectivity index (χ0v) is 13.1. The van der Waals surface area contributed by atoms with Crippen LogP contribution in [0.3, 0.4) is 0 Å². The summed E-state index contributed by atoms with van der Waals surface area (Å²) in [6.45, 7) is 0.507. The van der Waals surface area contributed by atoms with E-state index in [2.05, 4.69) is 21.1 Å². The van der Waals surface area contributed by atoms with Crippen LogP contribution in [0.1, 0.15) is 6.42 Å². The summed E-state index contributed by atoms with van der Waals surface area (Å²) in [6, 6.07) is 3.96.